The number of nitrogens with one attached hydrogen (secondary N) is 1. The summed E-state index contributed by atoms with van der Waals surface area (Å²) in [6, 6.07) is 8.45. The highest BCUT2D eigenvalue weighted by Gasteiger charge is 2.28. The number of H-pyrrole nitrogens is 1. The fourth-order valence-electron chi connectivity index (χ4n) is 3.59. The Morgan fingerprint density at radius 3 is 2.38 bits per heavy atom. The Morgan fingerprint density at radius 2 is 1.71 bits per heavy atom. The summed E-state index contributed by atoms with van der Waals surface area (Å²) in [6.07, 6.45) is 2.52. The highest BCUT2D eigenvalue weighted by atomic mass is 19.1. The molecule has 0 atom stereocenters. The van der Waals surface area contributed by atoms with Crippen molar-refractivity contribution in [2.75, 3.05) is 0 Å². The molecule has 0 amide bonds. The molecular formula is C19H17F3N2. The largest absolute Gasteiger partial charge is 0.352 e. The van der Waals surface area contributed by atoms with Crippen molar-refractivity contribution in [2.24, 2.45) is 11.7 Å². The van der Waals surface area contributed by atoms with Crippen molar-refractivity contribution >= 4 is 10.9 Å². The second-order valence-electron chi connectivity index (χ2n) is 6.60. The lowest BCUT2D eigenvalue weighted by Crippen LogP contribution is -2.37. The molecule has 1 heterocycles. The Hall–Kier alpha value is -2.27. The molecule has 5 heteroatoms. The molecule has 1 aliphatic carbocycles. The molecule has 1 fully saturated rings. The number of benzene rings is 2. The first-order valence-corrected chi connectivity index (χ1v) is 8.02. The van der Waals surface area contributed by atoms with Crippen LogP contribution in [0.1, 0.15) is 18.4 Å². The Morgan fingerprint density at radius 1 is 1.00 bits per heavy atom. The number of rotatable bonds is 3. The molecule has 0 aliphatic heterocycles. The van der Waals surface area contributed by atoms with Gasteiger partial charge in [-0.15, -0.1) is 0 Å². The van der Waals surface area contributed by atoms with Crippen molar-refractivity contribution in [1.29, 1.82) is 0 Å². The Kier molecular flexibility index (Phi) is 3.61. The summed E-state index contributed by atoms with van der Waals surface area (Å²) < 4.78 is 41.1. The third kappa shape index (κ3) is 2.59. The standard InChI is InChI=1S/C19H17F3N2/c20-12-3-1-11(2-4-12)18-15(7-10-5-14(23)6-10)16-8-13(21)9-17(22)19(16)24-18/h1-4,8-10,14,24H,5-7,23H2/t10-,14-. The molecule has 1 aliphatic rings. The molecule has 1 saturated carbocycles. The fourth-order valence-corrected chi connectivity index (χ4v) is 3.59. The minimum atomic E-state index is -0.620. The molecule has 2 aromatic carbocycles. The Balaban J connectivity index is 1.87. The normalized spacial score (nSPS) is 20.3. The maximum atomic E-state index is 14.2. The number of fused-ring (bicyclic) bond motifs is 1. The first-order chi connectivity index (χ1) is 11.5. The molecule has 0 radical (unpaired) electrons. The number of hydrogen-bond acceptors (Lipinski definition) is 1. The van der Waals surface area contributed by atoms with Crippen LogP contribution in [-0.2, 0) is 6.42 Å². The van der Waals surface area contributed by atoms with Gasteiger partial charge in [-0.2, -0.15) is 0 Å². The summed E-state index contributed by atoms with van der Waals surface area (Å²) in [5, 5.41) is 0.548. The van der Waals surface area contributed by atoms with Gasteiger partial charge in [0.25, 0.3) is 0 Å². The number of aromatic amines is 1. The van der Waals surface area contributed by atoms with E-state index in [1.807, 2.05) is 0 Å². The number of halogens is 3. The lowest BCUT2D eigenvalue weighted by atomic mass is 9.76. The maximum absolute atomic E-state index is 14.2. The summed E-state index contributed by atoms with van der Waals surface area (Å²) in [4.78, 5) is 3.06. The van der Waals surface area contributed by atoms with Gasteiger partial charge in [-0.3, -0.25) is 0 Å². The van der Waals surface area contributed by atoms with Gasteiger partial charge < -0.3 is 10.7 Å². The quantitative estimate of drug-likeness (QED) is 0.728. The molecule has 0 unspecified atom stereocenters. The van der Waals surface area contributed by atoms with Crippen molar-refractivity contribution in [2.45, 2.75) is 25.3 Å². The minimum Gasteiger partial charge on any atom is -0.352 e. The van der Waals surface area contributed by atoms with E-state index in [0.717, 1.165) is 35.7 Å². The average Bonchev–Trinajstić information content (AvgIpc) is 2.86. The number of aromatic nitrogens is 1. The van der Waals surface area contributed by atoms with E-state index in [0.29, 0.717) is 17.7 Å². The molecular weight excluding hydrogens is 313 g/mol. The van der Waals surface area contributed by atoms with Crippen LogP contribution in [0.2, 0.25) is 0 Å². The predicted octanol–water partition coefficient (Wildman–Crippen LogP) is 4.53. The monoisotopic (exact) mass is 330 g/mol. The van der Waals surface area contributed by atoms with E-state index in [-0.39, 0.29) is 17.4 Å². The van der Waals surface area contributed by atoms with Gasteiger partial charge >= 0.3 is 0 Å². The Bertz CT molecular complexity index is 893. The van der Waals surface area contributed by atoms with Gasteiger partial charge in [0.05, 0.1) is 5.52 Å². The van der Waals surface area contributed by atoms with Crippen molar-refractivity contribution in [3.63, 3.8) is 0 Å². The van der Waals surface area contributed by atoms with Gasteiger partial charge in [0, 0.05) is 23.2 Å². The molecule has 124 valence electrons. The summed E-state index contributed by atoms with van der Waals surface area (Å²) in [5.74, 6) is -1.15. The lowest BCUT2D eigenvalue weighted by molar-refractivity contribution is 0.265. The maximum Gasteiger partial charge on any atom is 0.150 e. The van der Waals surface area contributed by atoms with Crippen LogP contribution in [0.3, 0.4) is 0 Å². The molecule has 3 aromatic rings. The molecule has 0 saturated heterocycles. The van der Waals surface area contributed by atoms with E-state index in [2.05, 4.69) is 4.98 Å². The van der Waals surface area contributed by atoms with Crippen LogP contribution in [0.5, 0.6) is 0 Å². The van der Waals surface area contributed by atoms with Crippen LogP contribution in [0.4, 0.5) is 13.2 Å². The zero-order valence-electron chi connectivity index (χ0n) is 13.0. The summed E-state index contributed by atoms with van der Waals surface area (Å²) in [6.45, 7) is 0. The first-order valence-electron chi connectivity index (χ1n) is 8.02. The van der Waals surface area contributed by atoms with E-state index >= 15 is 0 Å². The average molecular weight is 330 g/mol. The zero-order valence-corrected chi connectivity index (χ0v) is 13.0. The van der Waals surface area contributed by atoms with Crippen LogP contribution in [0, 0.1) is 23.4 Å². The number of hydrogen-bond donors (Lipinski definition) is 2. The van der Waals surface area contributed by atoms with Gasteiger partial charge in [-0.1, -0.05) is 0 Å². The van der Waals surface area contributed by atoms with Crippen LogP contribution < -0.4 is 5.73 Å². The molecule has 24 heavy (non-hydrogen) atoms. The van der Waals surface area contributed by atoms with Gasteiger partial charge in [-0.05, 0) is 66.6 Å². The zero-order chi connectivity index (χ0) is 16.8. The van der Waals surface area contributed by atoms with Crippen molar-refractivity contribution < 1.29 is 13.2 Å². The molecule has 0 spiro atoms. The smallest absolute Gasteiger partial charge is 0.150 e. The van der Waals surface area contributed by atoms with Crippen LogP contribution in [0.25, 0.3) is 22.2 Å². The summed E-state index contributed by atoms with van der Waals surface area (Å²) in [7, 11) is 0. The highest BCUT2D eigenvalue weighted by Crippen LogP contribution is 2.37. The highest BCUT2D eigenvalue weighted by molar-refractivity contribution is 5.91. The van der Waals surface area contributed by atoms with Crippen molar-refractivity contribution in [3.8, 4) is 11.3 Å². The second-order valence-corrected chi connectivity index (χ2v) is 6.60. The summed E-state index contributed by atoms with van der Waals surface area (Å²) >= 11 is 0. The molecule has 0 bridgehead atoms. The van der Waals surface area contributed by atoms with E-state index in [1.165, 1.54) is 18.2 Å². The first kappa shape index (κ1) is 15.3. The van der Waals surface area contributed by atoms with Gasteiger partial charge in [0.2, 0.25) is 0 Å². The second kappa shape index (κ2) is 5.67. The predicted molar refractivity (Wildman–Crippen MR) is 88.0 cm³/mol. The topological polar surface area (TPSA) is 41.8 Å². The molecule has 3 N–H and O–H groups in total. The molecule has 1 aromatic heterocycles. The molecule has 2 nitrogen and oxygen atoms in total. The third-order valence-electron chi connectivity index (χ3n) is 4.83. The number of nitrogens with two attached hydrogens (primary N) is 1. The van der Waals surface area contributed by atoms with Crippen LogP contribution in [0.15, 0.2) is 36.4 Å². The third-order valence-corrected chi connectivity index (χ3v) is 4.83. The van der Waals surface area contributed by atoms with Crippen LogP contribution >= 0.6 is 0 Å². The molecule has 4 rings (SSSR count). The van der Waals surface area contributed by atoms with Crippen LogP contribution in [-0.4, -0.2) is 11.0 Å². The Labute approximate surface area is 137 Å². The minimum absolute atomic E-state index is 0.211. The van der Waals surface area contributed by atoms with E-state index < -0.39 is 11.6 Å². The summed E-state index contributed by atoms with van der Waals surface area (Å²) in [5.41, 5.74) is 8.48. The van der Waals surface area contributed by atoms with Crippen molar-refractivity contribution in [3.05, 3.63) is 59.4 Å². The van der Waals surface area contributed by atoms with E-state index in [9.17, 15) is 13.2 Å². The van der Waals surface area contributed by atoms with Gasteiger partial charge in [0.1, 0.15) is 17.5 Å². The van der Waals surface area contributed by atoms with Crippen molar-refractivity contribution in [1.82, 2.24) is 4.98 Å². The van der Waals surface area contributed by atoms with Gasteiger partial charge in [-0.25, -0.2) is 13.2 Å². The van der Waals surface area contributed by atoms with E-state index in [1.54, 1.807) is 12.1 Å². The lowest BCUT2D eigenvalue weighted by Gasteiger charge is -2.32. The fraction of sp³-hybridized carbons (Fsp3) is 0.263. The van der Waals surface area contributed by atoms with Gasteiger partial charge in [0.15, 0.2) is 0 Å². The SMILES string of the molecule is N[C@H]1C[C@H](Cc2c(-c3ccc(F)cc3)[nH]c3c(F)cc(F)cc23)C1. The van der Waals surface area contributed by atoms with E-state index in [4.69, 9.17) is 5.73 Å².